The predicted molar refractivity (Wildman–Crippen MR) is 61.3 cm³/mol. The third-order valence-electron chi connectivity index (χ3n) is 1.66. The fraction of sp³-hybridized carbons (Fsp3) is 0.364. The quantitative estimate of drug-likeness (QED) is 0.453. The number of hydrogen-bond acceptors (Lipinski definition) is 3. The number of para-hydroxylation sites is 1. The highest BCUT2D eigenvalue weighted by Gasteiger charge is 2.00. The highest BCUT2D eigenvalue weighted by atomic mass is 79.9. The molecular formula is C11H13BrO3. The Labute approximate surface area is 97.5 Å². The lowest BCUT2D eigenvalue weighted by Crippen LogP contribution is -2.12. The van der Waals surface area contributed by atoms with Gasteiger partial charge in [-0.1, -0.05) is 34.1 Å². The second-order valence-corrected chi connectivity index (χ2v) is 3.61. The van der Waals surface area contributed by atoms with Gasteiger partial charge in [0.2, 0.25) is 0 Å². The molecule has 82 valence electrons. The molecule has 1 aromatic rings. The van der Waals surface area contributed by atoms with Gasteiger partial charge in [0, 0.05) is 5.33 Å². The minimum Gasteiger partial charge on any atom is -0.490 e. The zero-order valence-electron chi connectivity index (χ0n) is 8.32. The van der Waals surface area contributed by atoms with Crippen molar-refractivity contribution in [2.45, 2.75) is 6.42 Å². The van der Waals surface area contributed by atoms with Crippen LogP contribution in [0.3, 0.4) is 0 Å². The van der Waals surface area contributed by atoms with Crippen LogP contribution in [0.4, 0.5) is 0 Å². The van der Waals surface area contributed by atoms with Crippen LogP contribution in [-0.2, 0) is 9.53 Å². The molecule has 1 rings (SSSR count). The van der Waals surface area contributed by atoms with Gasteiger partial charge < -0.3 is 9.47 Å². The van der Waals surface area contributed by atoms with E-state index in [1.165, 1.54) is 0 Å². The van der Waals surface area contributed by atoms with Gasteiger partial charge in [-0.15, -0.1) is 0 Å². The highest BCUT2D eigenvalue weighted by molar-refractivity contribution is 9.09. The molecule has 0 aliphatic heterocycles. The molecule has 0 aliphatic rings. The number of benzene rings is 1. The molecule has 3 nitrogen and oxygen atoms in total. The first-order valence-corrected chi connectivity index (χ1v) is 5.84. The van der Waals surface area contributed by atoms with E-state index >= 15 is 0 Å². The minimum absolute atomic E-state index is 0.205. The monoisotopic (exact) mass is 272 g/mol. The van der Waals surface area contributed by atoms with Crippen LogP contribution in [0.25, 0.3) is 0 Å². The number of esters is 1. The van der Waals surface area contributed by atoms with Crippen LogP contribution in [0.5, 0.6) is 5.75 Å². The van der Waals surface area contributed by atoms with E-state index in [1.54, 1.807) is 0 Å². The second-order valence-electron chi connectivity index (χ2n) is 2.82. The van der Waals surface area contributed by atoms with Crippen molar-refractivity contribution >= 4 is 21.9 Å². The lowest BCUT2D eigenvalue weighted by Gasteiger charge is -2.06. The SMILES string of the molecule is O=C(CCBr)OCCOc1ccccc1. The van der Waals surface area contributed by atoms with Crippen LogP contribution in [0.1, 0.15) is 6.42 Å². The smallest absolute Gasteiger partial charge is 0.306 e. The maximum absolute atomic E-state index is 10.9. The molecule has 0 spiro atoms. The van der Waals surface area contributed by atoms with Gasteiger partial charge in [0.15, 0.2) is 0 Å². The van der Waals surface area contributed by atoms with Gasteiger partial charge in [-0.25, -0.2) is 0 Å². The number of hydrogen-bond donors (Lipinski definition) is 0. The summed E-state index contributed by atoms with van der Waals surface area (Å²) in [5.74, 6) is 0.581. The summed E-state index contributed by atoms with van der Waals surface area (Å²) < 4.78 is 10.3. The normalized spacial score (nSPS) is 9.67. The molecule has 0 bridgehead atoms. The molecule has 0 N–H and O–H groups in total. The molecule has 0 amide bonds. The van der Waals surface area contributed by atoms with Crippen molar-refractivity contribution in [3.05, 3.63) is 30.3 Å². The van der Waals surface area contributed by atoms with Gasteiger partial charge in [0.05, 0.1) is 6.42 Å². The van der Waals surface area contributed by atoms with Crippen molar-refractivity contribution in [2.24, 2.45) is 0 Å². The molecule has 0 aromatic heterocycles. The van der Waals surface area contributed by atoms with Gasteiger partial charge in [-0.3, -0.25) is 4.79 Å². The van der Waals surface area contributed by atoms with E-state index in [0.29, 0.717) is 25.0 Å². The van der Waals surface area contributed by atoms with Crippen molar-refractivity contribution in [3.63, 3.8) is 0 Å². The number of rotatable bonds is 6. The fourth-order valence-electron chi connectivity index (χ4n) is 0.981. The number of carbonyl (C=O) groups is 1. The Morgan fingerprint density at radius 3 is 2.60 bits per heavy atom. The van der Waals surface area contributed by atoms with Crippen molar-refractivity contribution in [2.75, 3.05) is 18.5 Å². The molecule has 0 atom stereocenters. The molecule has 0 fully saturated rings. The van der Waals surface area contributed by atoms with E-state index in [9.17, 15) is 4.79 Å². The van der Waals surface area contributed by atoms with Crippen LogP contribution in [0.15, 0.2) is 30.3 Å². The Balaban J connectivity index is 2.10. The molecular weight excluding hydrogens is 260 g/mol. The number of carbonyl (C=O) groups excluding carboxylic acids is 1. The summed E-state index contributed by atoms with van der Waals surface area (Å²) in [4.78, 5) is 10.9. The van der Waals surface area contributed by atoms with Crippen molar-refractivity contribution in [1.29, 1.82) is 0 Å². The Morgan fingerprint density at radius 2 is 1.93 bits per heavy atom. The van der Waals surface area contributed by atoms with Crippen molar-refractivity contribution in [3.8, 4) is 5.75 Å². The van der Waals surface area contributed by atoms with Crippen LogP contribution in [0.2, 0.25) is 0 Å². The van der Waals surface area contributed by atoms with E-state index in [-0.39, 0.29) is 5.97 Å². The lowest BCUT2D eigenvalue weighted by atomic mass is 10.3. The summed E-state index contributed by atoms with van der Waals surface area (Å²) in [6, 6.07) is 9.43. The number of ether oxygens (including phenoxy) is 2. The summed E-state index contributed by atoms with van der Waals surface area (Å²) in [6.45, 7) is 0.679. The third-order valence-corrected chi connectivity index (χ3v) is 2.05. The molecule has 4 heteroatoms. The molecule has 0 saturated heterocycles. The zero-order chi connectivity index (χ0) is 10.9. The Morgan fingerprint density at radius 1 is 1.20 bits per heavy atom. The first kappa shape index (κ1) is 12.0. The lowest BCUT2D eigenvalue weighted by molar-refractivity contribution is -0.143. The summed E-state index contributed by atoms with van der Waals surface area (Å²) in [7, 11) is 0. The topological polar surface area (TPSA) is 35.5 Å². The zero-order valence-corrected chi connectivity index (χ0v) is 9.90. The summed E-state index contributed by atoms with van der Waals surface area (Å²) in [5.41, 5.74) is 0. The van der Waals surface area contributed by atoms with Crippen LogP contribution in [0, 0.1) is 0 Å². The molecule has 0 saturated carbocycles. The summed E-state index contributed by atoms with van der Waals surface area (Å²) in [6.07, 6.45) is 0.394. The van der Waals surface area contributed by atoms with Crippen molar-refractivity contribution < 1.29 is 14.3 Å². The predicted octanol–water partition coefficient (Wildman–Crippen LogP) is 2.39. The van der Waals surface area contributed by atoms with Crippen molar-refractivity contribution in [1.82, 2.24) is 0 Å². The molecule has 0 heterocycles. The van der Waals surface area contributed by atoms with E-state index < -0.39 is 0 Å². The maximum atomic E-state index is 10.9. The Bertz CT molecular complexity index is 287. The van der Waals surface area contributed by atoms with Crippen LogP contribution in [-0.4, -0.2) is 24.5 Å². The van der Waals surface area contributed by atoms with Gasteiger partial charge in [-0.2, -0.15) is 0 Å². The van der Waals surface area contributed by atoms with Crippen LogP contribution < -0.4 is 4.74 Å². The van der Waals surface area contributed by atoms with E-state index in [0.717, 1.165) is 5.75 Å². The average molecular weight is 273 g/mol. The molecule has 15 heavy (non-hydrogen) atoms. The first-order valence-electron chi connectivity index (χ1n) is 4.72. The molecule has 0 aliphatic carbocycles. The Kier molecular flexibility index (Phi) is 5.85. The van der Waals surface area contributed by atoms with Gasteiger partial charge in [0.25, 0.3) is 0 Å². The molecule has 0 unspecified atom stereocenters. The van der Waals surface area contributed by atoms with Crippen LogP contribution >= 0.6 is 15.9 Å². The van der Waals surface area contributed by atoms with Gasteiger partial charge in [0.1, 0.15) is 19.0 Å². The fourth-order valence-corrected chi connectivity index (χ4v) is 1.30. The first-order chi connectivity index (χ1) is 7.33. The highest BCUT2D eigenvalue weighted by Crippen LogP contribution is 2.07. The van der Waals surface area contributed by atoms with Gasteiger partial charge in [-0.05, 0) is 12.1 Å². The second kappa shape index (κ2) is 7.29. The number of halogens is 1. The van der Waals surface area contributed by atoms with E-state index in [4.69, 9.17) is 9.47 Å². The number of alkyl halides is 1. The largest absolute Gasteiger partial charge is 0.490 e. The summed E-state index contributed by atoms with van der Waals surface area (Å²) in [5, 5.41) is 0.630. The van der Waals surface area contributed by atoms with E-state index in [1.807, 2.05) is 30.3 Å². The molecule has 0 radical (unpaired) electrons. The average Bonchev–Trinajstić information content (AvgIpc) is 2.26. The standard InChI is InChI=1S/C11H13BrO3/c12-7-6-11(13)15-9-8-14-10-4-2-1-3-5-10/h1-5H,6-9H2. The van der Waals surface area contributed by atoms with Gasteiger partial charge >= 0.3 is 5.97 Å². The third kappa shape index (κ3) is 5.42. The van der Waals surface area contributed by atoms with E-state index in [2.05, 4.69) is 15.9 Å². The summed E-state index contributed by atoms with van der Waals surface area (Å²) >= 11 is 3.16. The Hall–Kier alpha value is -1.03. The maximum Gasteiger partial charge on any atom is 0.306 e. The minimum atomic E-state index is -0.205. The molecule has 1 aromatic carbocycles.